The fourth-order valence-corrected chi connectivity index (χ4v) is 3.14. The predicted molar refractivity (Wildman–Crippen MR) is 113 cm³/mol. The fraction of sp³-hybridized carbons (Fsp3) is 0.619. The van der Waals surface area contributed by atoms with Crippen molar-refractivity contribution in [1.29, 1.82) is 0 Å². The summed E-state index contributed by atoms with van der Waals surface area (Å²) in [6, 6.07) is 5.19. The zero-order valence-corrected chi connectivity index (χ0v) is 17.8. The lowest BCUT2D eigenvalue weighted by Crippen LogP contribution is -2.37. The summed E-state index contributed by atoms with van der Waals surface area (Å²) in [4.78, 5) is 24.4. The Hall–Kier alpha value is -2.24. The van der Waals surface area contributed by atoms with E-state index in [0.717, 1.165) is 18.4 Å². The van der Waals surface area contributed by atoms with E-state index in [9.17, 15) is 9.59 Å². The number of nitrogens with one attached hydrogen (secondary N) is 4. The number of aryl methyl sites for hydroxylation is 1. The SMILES string of the molecule is Cc1ccc(NC(=O)N[C@H](C)CC(C)C)cc1NC(=O)N[C@H](C)CC(C)C. The quantitative estimate of drug-likeness (QED) is 0.508. The molecule has 6 nitrogen and oxygen atoms in total. The van der Waals surface area contributed by atoms with E-state index in [4.69, 9.17) is 0 Å². The highest BCUT2D eigenvalue weighted by atomic mass is 16.2. The molecule has 0 aliphatic carbocycles. The van der Waals surface area contributed by atoms with Crippen LogP contribution >= 0.6 is 0 Å². The van der Waals surface area contributed by atoms with Crippen molar-refractivity contribution in [3.8, 4) is 0 Å². The molecule has 152 valence electrons. The highest BCUT2D eigenvalue weighted by Gasteiger charge is 2.12. The van der Waals surface area contributed by atoms with Gasteiger partial charge in [-0.2, -0.15) is 0 Å². The Bertz CT molecular complexity index is 629. The van der Waals surface area contributed by atoms with Crippen molar-refractivity contribution < 1.29 is 9.59 Å². The molecule has 2 atom stereocenters. The van der Waals surface area contributed by atoms with Crippen molar-refractivity contribution in [3.05, 3.63) is 23.8 Å². The Kier molecular flexibility index (Phi) is 9.12. The van der Waals surface area contributed by atoms with E-state index in [2.05, 4.69) is 49.0 Å². The first-order valence-electron chi connectivity index (χ1n) is 9.82. The summed E-state index contributed by atoms with van der Waals surface area (Å²) in [5, 5.41) is 11.6. The molecular weight excluding hydrogens is 340 g/mol. The summed E-state index contributed by atoms with van der Waals surface area (Å²) in [6.07, 6.45) is 1.84. The van der Waals surface area contributed by atoms with Gasteiger partial charge in [0, 0.05) is 23.5 Å². The number of benzene rings is 1. The first-order chi connectivity index (χ1) is 12.6. The summed E-state index contributed by atoms with van der Waals surface area (Å²) in [5.74, 6) is 1.04. The topological polar surface area (TPSA) is 82.3 Å². The van der Waals surface area contributed by atoms with E-state index in [1.807, 2.05) is 32.9 Å². The third kappa shape index (κ3) is 9.31. The molecule has 1 aromatic rings. The fourth-order valence-electron chi connectivity index (χ4n) is 3.14. The predicted octanol–water partition coefficient (Wildman–Crippen LogP) is 5.11. The Morgan fingerprint density at radius 2 is 1.30 bits per heavy atom. The first-order valence-corrected chi connectivity index (χ1v) is 9.82. The number of carbonyl (C=O) groups is 2. The summed E-state index contributed by atoms with van der Waals surface area (Å²) in [5.41, 5.74) is 2.25. The van der Waals surface area contributed by atoms with Gasteiger partial charge in [0.25, 0.3) is 0 Å². The van der Waals surface area contributed by atoms with Gasteiger partial charge in [-0.15, -0.1) is 0 Å². The normalized spacial score (nSPS) is 13.2. The smallest absolute Gasteiger partial charge is 0.319 e. The molecule has 0 bridgehead atoms. The van der Waals surface area contributed by atoms with Crippen molar-refractivity contribution in [1.82, 2.24) is 10.6 Å². The van der Waals surface area contributed by atoms with Crippen LogP contribution in [0.1, 0.15) is 59.9 Å². The number of hydrogen-bond acceptors (Lipinski definition) is 2. The van der Waals surface area contributed by atoms with Crippen LogP contribution < -0.4 is 21.3 Å². The minimum atomic E-state index is -0.243. The summed E-state index contributed by atoms with van der Waals surface area (Å²) in [7, 11) is 0. The second kappa shape index (κ2) is 10.8. The second-order valence-corrected chi connectivity index (χ2v) is 8.29. The minimum Gasteiger partial charge on any atom is -0.335 e. The molecule has 1 aromatic carbocycles. The minimum absolute atomic E-state index is 0.0971. The van der Waals surface area contributed by atoms with Gasteiger partial charge in [0.15, 0.2) is 0 Å². The molecule has 0 spiro atoms. The van der Waals surface area contributed by atoms with Gasteiger partial charge in [-0.3, -0.25) is 0 Å². The van der Waals surface area contributed by atoms with Crippen molar-refractivity contribution in [3.63, 3.8) is 0 Å². The van der Waals surface area contributed by atoms with Gasteiger partial charge in [0.1, 0.15) is 0 Å². The van der Waals surface area contributed by atoms with Gasteiger partial charge >= 0.3 is 12.1 Å². The molecule has 1 rings (SSSR count). The van der Waals surface area contributed by atoms with Crippen LogP contribution in [0.5, 0.6) is 0 Å². The zero-order chi connectivity index (χ0) is 20.6. The Morgan fingerprint density at radius 3 is 1.78 bits per heavy atom. The molecule has 4 N–H and O–H groups in total. The van der Waals surface area contributed by atoms with Crippen molar-refractivity contribution in [2.24, 2.45) is 11.8 Å². The van der Waals surface area contributed by atoms with Crippen molar-refractivity contribution in [2.45, 2.75) is 73.4 Å². The third-order valence-corrected chi connectivity index (χ3v) is 4.15. The van der Waals surface area contributed by atoms with Crippen LogP contribution in [0, 0.1) is 18.8 Å². The molecule has 0 aliphatic rings. The lowest BCUT2D eigenvalue weighted by atomic mass is 10.1. The van der Waals surface area contributed by atoms with Crippen molar-refractivity contribution >= 4 is 23.4 Å². The molecule has 0 unspecified atom stereocenters. The van der Waals surface area contributed by atoms with E-state index >= 15 is 0 Å². The number of urea groups is 2. The van der Waals surface area contributed by atoms with Crippen LogP contribution in [0.4, 0.5) is 21.0 Å². The molecule has 0 aliphatic heterocycles. The maximum atomic E-state index is 12.2. The lowest BCUT2D eigenvalue weighted by Gasteiger charge is -2.18. The van der Waals surface area contributed by atoms with Gasteiger partial charge in [0.05, 0.1) is 0 Å². The van der Waals surface area contributed by atoms with Gasteiger partial charge in [-0.1, -0.05) is 33.8 Å². The monoisotopic (exact) mass is 376 g/mol. The van der Waals surface area contributed by atoms with Gasteiger partial charge < -0.3 is 21.3 Å². The number of hydrogen-bond donors (Lipinski definition) is 4. The van der Waals surface area contributed by atoms with Gasteiger partial charge in [-0.05, 0) is 63.1 Å². The van der Waals surface area contributed by atoms with Crippen LogP contribution in [-0.4, -0.2) is 24.1 Å². The van der Waals surface area contributed by atoms with Crippen LogP contribution in [0.2, 0.25) is 0 Å². The van der Waals surface area contributed by atoms with E-state index in [1.54, 1.807) is 6.07 Å². The molecule has 27 heavy (non-hydrogen) atoms. The molecule has 0 heterocycles. The highest BCUT2D eigenvalue weighted by molar-refractivity contribution is 5.93. The maximum absolute atomic E-state index is 12.2. The Labute approximate surface area is 163 Å². The number of carbonyl (C=O) groups excluding carboxylic acids is 2. The molecule has 0 aromatic heterocycles. The maximum Gasteiger partial charge on any atom is 0.319 e. The van der Waals surface area contributed by atoms with Crippen LogP contribution in [0.15, 0.2) is 18.2 Å². The average molecular weight is 377 g/mol. The molecule has 0 radical (unpaired) electrons. The second-order valence-electron chi connectivity index (χ2n) is 8.29. The number of anilines is 2. The molecule has 4 amide bonds. The third-order valence-electron chi connectivity index (χ3n) is 4.15. The summed E-state index contributed by atoms with van der Waals surface area (Å²) >= 11 is 0. The average Bonchev–Trinajstić information content (AvgIpc) is 2.48. The summed E-state index contributed by atoms with van der Waals surface area (Å²) < 4.78 is 0. The van der Waals surface area contributed by atoms with Crippen LogP contribution in [0.25, 0.3) is 0 Å². The molecular formula is C21H36N4O2. The van der Waals surface area contributed by atoms with E-state index in [0.29, 0.717) is 23.2 Å². The van der Waals surface area contributed by atoms with Crippen LogP contribution in [0.3, 0.4) is 0 Å². The lowest BCUT2D eigenvalue weighted by molar-refractivity contribution is 0.246. The summed E-state index contributed by atoms with van der Waals surface area (Å²) in [6.45, 7) is 14.4. The Morgan fingerprint density at radius 1 is 0.815 bits per heavy atom. The zero-order valence-electron chi connectivity index (χ0n) is 17.8. The number of amides is 4. The van der Waals surface area contributed by atoms with Gasteiger partial charge in [-0.25, -0.2) is 9.59 Å². The molecule has 0 fully saturated rings. The van der Waals surface area contributed by atoms with Crippen molar-refractivity contribution in [2.75, 3.05) is 10.6 Å². The van der Waals surface area contributed by atoms with Crippen LogP contribution in [-0.2, 0) is 0 Å². The Balaban J connectivity index is 2.66. The highest BCUT2D eigenvalue weighted by Crippen LogP contribution is 2.20. The van der Waals surface area contributed by atoms with Gasteiger partial charge in [0.2, 0.25) is 0 Å². The van der Waals surface area contributed by atoms with E-state index < -0.39 is 0 Å². The van der Waals surface area contributed by atoms with E-state index in [-0.39, 0.29) is 24.1 Å². The standard InChI is InChI=1S/C21H36N4O2/c1-13(2)10-16(6)22-20(26)24-18-9-8-15(5)19(12-18)25-21(27)23-17(7)11-14(3)4/h8-9,12-14,16-17H,10-11H2,1-7H3,(H2,22,24,26)(H2,23,25,27)/t16-,17-/m1/s1. The first kappa shape index (κ1) is 22.8. The number of rotatable bonds is 8. The molecule has 0 saturated heterocycles. The van der Waals surface area contributed by atoms with E-state index in [1.165, 1.54) is 0 Å². The largest absolute Gasteiger partial charge is 0.335 e. The molecule has 0 saturated carbocycles. The molecule has 6 heteroatoms.